The third kappa shape index (κ3) is 3.29. The van der Waals surface area contributed by atoms with Gasteiger partial charge in [0.15, 0.2) is 0 Å². The third-order valence-electron chi connectivity index (χ3n) is 3.04. The van der Waals surface area contributed by atoms with Crippen molar-refractivity contribution in [3.05, 3.63) is 54.1 Å². The first kappa shape index (κ1) is 13.9. The van der Waals surface area contributed by atoms with Crippen LogP contribution in [-0.2, 0) is 0 Å². The fourth-order valence-electron chi connectivity index (χ4n) is 1.98. The lowest BCUT2D eigenvalue weighted by Crippen LogP contribution is -2.34. The molecule has 2 rings (SSSR count). The topological polar surface area (TPSA) is 58.4 Å². The summed E-state index contributed by atoms with van der Waals surface area (Å²) < 4.78 is 0. The van der Waals surface area contributed by atoms with E-state index in [9.17, 15) is 4.79 Å². The molecule has 104 valence electrons. The average Bonchev–Trinajstić information content (AvgIpc) is 2.42. The zero-order valence-electron chi connectivity index (χ0n) is 11.8. The molecule has 0 saturated carbocycles. The van der Waals surface area contributed by atoms with E-state index in [-0.39, 0.29) is 6.03 Å². The van der Waals surface area contributed by atoms with Crippen molar-refractivity contribution in [1.29, 1.82) is 0 Å². The lowest BCUT2D eigenvalue weighted by Gasteiger charge is -2.21. The molecule has 2 aromatic carbocycles. The van der Waals surface area contributed by atoms with Crippen molar-refractivity contribution in [2.45, 2.75) is 13.8 Å². The van der Waals surface area contributed by atoms with Crippen LogP contribution < -0.4 is 16.0 Å². The smallest absolute Gasteiger partial charge is 0.326 e. The van der Waals surface area contributed by atoms with Gasteiger partial charge in [0.05, 0.1) is 0 Å². The lowest BCUT2D eigenvalue weighted by molar-refractivity contribution is 0.257. The molecule has 20 heavy (non-hydrogen) atoms. The number of urea groups is 1. The van der Waals surface area contributed by atoms with Crippen LogP contribution in [0, 0.1) is 6.92 Å². The molecule has 0 aliphatic rings. The van der Waals surface area contributed by atoms with Gasteiger partial charge in [0.2, 0.25) is 0 Å². The first-order valence-corrected chi connectivity index (χ1v) is 6.61. The van der Waals surface area contributed by atoms with Crippen molar-refractivity contribution < 1.29 is 4.79 Å². The number of nitrogens with zero attached hydrogens (tertiary/aromatic N) is 1. The summed E-state index contributed by atoms with van der Waals surface area (Å²) in [6.45, 7) is 4.56. The maximum Gasteiger partial charge on any atom is 0.326 e. The Bertz CT molecular complexity index is 593. The third-order valence-corrected chi connectivity index (χ3v) is 3.04. The molecule has 0 heterocycles. The van der Waals surface area contributed by atoms with Gasteiger partial charge < -0.3 is 11.1 Å². The first-order valence-electron chi connectivity index (χ1n) is 6.61. The van der Waals surface area contributed by atoms with Gasteiger partial charge in [0.1, 0.15) is 0 Å². The molecular formula is C16H19N3O. The van der Waals surface area contributed by atoms with E-state index in [0.29, 0.717) is 17.9 Å². The van der Waals surface area contributed by atoms with Gasteiger partial charge in [-0.15, -0.1) is 0 Å². The Hall–Kier alpha value is -2.49. The van der Waals surface area contributed by atoms with E-state index in [2.05, 4.69) is 5.32 Å². The molecule has 0 spiro atoms. The zero-order valence-corrected chi connectivity index (χ0v) is 11.8. The van der Waals surface area contributed by atoms with Crippen LogP contribution in [0.15, 0.2) is 48.5 Å². The van der Waals surface area contributed by atoms with Gasteiger partial charge >= 0.3 is 6.03 Å². The molecule has 2 amide bonds. The number of hydrogen-bond donors (Lipinski definition) is 2. The van der Waals surface area contributed by atoms with E-state index in [0.717, 1.165) is 5.69 Å². The van der Waals surface area contributed by atoms with Crippen molar-refractivity contribution in [2.24, 2.45) is 0 Å². The zero-order chi connectivity index (χ0) is 14.5. The second-order valence-corrected chi connectivity index (χ2v) is 4.64. The summed E-state index contributed by atoms with van der Waals surface area (Å²) >= 11 is 0. The number of anilines is 3. The van der Waals surface area contributed by atoms with Gasteiger partial charge in [-0.1, -0.05) is 23.8 Å². The summed E-state index contributed by atoms with van der Waals surface area (Å²) in [5.74, 6) is 0. The Morgan fingerprint density at radius 1 is 1.20 bits per heavy atom. The van der Waals surface area contributed by atoms with Crippen molar-refractivity contribution in [1.82, 2.24) is 0 Å². The van der Waals surface area contributed by atoms with Gasteiger partial charge in [-0.3, -0.25) is 4.90 Å². The molecule has 3 N–H and O–H groups in total. The van der Waals surface area contributed by atoms with E-state index in [1.807, 2.05) is 50.2 Å². The highest BCUT2D eigenvalue weighted by Crippen LogP contribution is 2.18. The standard InChI is InChI=1S/C16H19N3O/c1-3-19(15-9-7-12(2)8-10-15)16(20)18-14-6-4-5-13(17)11-14/h4-11H,3,17H2,1-2H3,(H,18,20). The van der Waals surface area contributed by atoms with Gasteiger partial charge in [0, 0.05) is 23.6 Å². The number of nitrogen functional groups attached to an aromatic ring is 1. The lowest BCUT2D eigenvalue weighted by atomic mass is 10.2. The summed E-state index contributed by atoms with van der Waals surface area (Å²) in [6, 6.07) is 14.9. The summed E-state index contributed by atoms with van der Waals surface area (Å²) in [4.78, 5) is 14.0. The van der Waals surface area contributed by atoms with Gasteiger partial charge in [0.25, 0.3) is 0 Å². The molecular weight excluding hydrogens is 250 g/mol. The highest BCUT2D eigenvalue weighted by molar-refractivity contribution is 6.01. The number of benzene rings is 2. The van der Waals surface area contributed by atoms with E-state index < -0.39 is 0 Å². The minimum absolute atomic E-state index is 0.165. The van der Waals surface area contributed by atoms with Crippen LogP contribution in [0.4, 0.5) is 21.9 Å². The monoisotopic (exact) mass is 269 g/mol. The number of aryl methyl sites for hydroxylation is 1. The minimum atomic E-state index is -0.165. The number of hydrogen-bond acceptors (Lipinski definition) is 2. The second kappa shape index (κ2) is 6.10. The van der Waals surface area contributed by atoms with Crippen molar-refractivity contribution in [2.75, 3.05) is 22.5 Å². The predicted molar refractivity (Wildman–Crippen MR) is 84.1 cm³/mol. The average molecular weight is 269 g/mol. The number of carbonyl (C=O) groups is 1. The number of rotatable bonds is 3. The summed E-state index contributed by atoms with van der Waals surface area (Å²) in [5, 5.41) is 2.85. The Balaban J connectivity index is 2.15. The number of carbonyl (C=O) groups excluding carboxylic acids is 1. The Labute approximate surface area is 119 Å². The van der Waals surface area contributed by atoms with E-state index in [4.69, 9.17) is 5.73 Å². The molecule has 0 bridgehead atoms. The maximum absolute atomic E-state index is 12.3. The van der Waals surface area contributed by atoms with Crippen LogP contribution in [0.25, 0.3) is 0 Å². The van der Waals surface area contributed by atoms with Crippen molar-refractivity contribution in [3.8, 4) is 0 Å². The normalized spacial score (nSPS) is 10.1. The van der Waals surface area contributed by atoms with E-state index in [1.165, 1.54) is 5.56 Å². The fourth-order valence-corrected chi connectivity index (χ4v) is 1.98. The van der Waals surface area contributed by atoms with Crippen molar-refractivity contribution in [3.63, 3.8) is 0 Å². The van der Waals surface area contributed by atoms with E-state index >= 15 is 0 Å². The molecule has 0 radical (unpaired) electrons. The van der Waals surface area contributed by atoms with Crippen LogP contribution in [0.3, 0.4) is 0 Å². The van der Waals surface area contributed by atoms with Crippen LogP contribution in [-0.4, -0.2) is 12.6 Å². The molecule has 0 aromatic heterocycles. The predicted octanol–water partition coefficient (Wildman–Crippen LogP) is 3.64. The van der Waals surface area contributed by atoms with Crippen LogP contribution in [0.5, 0.6) is 0 Å². The molecule has 0 fully saturated rings. The highest BCUT2D eigenvalue weighted by atomic mass is 16.2. The quantitative estimate of drug-likeness (QED) is 0.836. The van der Waals surface area contributed by atoms with Crippen molar-refractivity contribution >= 4 is 23.1 Å². The summed E-state index contributed by atoms with van der Waals surface area (Å²) in [7, 11) is 0. The largest absolute Gasteiger partial charge is 0.399 e. The fraction of sp³-hybridized carbons (Fsp3) is 0.188. The number of amides is 2. The Morgan fingerprint density at radius 2 is 1.90 bits per heavy atom. The molecule has 2 aromatic rings. The van der Waals surface area contributed by atoms with E-state index in [1.54, 1.807) is 17.0 Å². The van der Waals surface area contributed by atoms with Gasteiger partial charge in [-0.25, -0.2) is 4.79 Å². The summed E-state index contributed by atoms with van der Waals surface area (Å²) in [6.07, 6.45) is 0. The molecule has 0 atom stereocenters. The number of nitrogens with one attached hydrogen (secondary N) is 1. The first-order chi connectivity index (χ1) is 9.60. The Morgan fingerprint density at radius 3 is 2.50 bits per heavy atom. The molecule has 0 saturated heterocycles. The number of nitrogens with two attached hydrogens (primary N) is 1. The minimum Gasteiger partial charge on any atom is -0.399 e. The van der Waals surface area contributed by atoms with Gasteiger partial charge in [-0.2, -0.15) is 0 Å². The molecule has 0 unspecified atom stereocenters. The summed E-state index contributed by atoms with van der Waals surface area (Å²) in [5.41, 5.74) is 9.07. The van der Waals surface area contributed by atoms with Gasteiger partial charge in [-0.05, 0) is 44.2 Å². The SMILES string of the molecule is CCN(C(=O)Nc1cccc(N)c1)c1ccc(C)cc1. The maximum atomic E-state index is 12.3. The molecule has 4 nitrogen and oxygen atoms in total. The van der Waals surface area contributed by atoms with Crippen LogP contribution >= 0.6 is 0 Å². The molecule has 0 aliphatic carbocycles. The Kier molecular flexibility index (Phi) is 4.25. The van der Waals surface area contributed by atoms with Crippen LogP contribution in [0.1, 0.15) is 12.5 Å². The molecule has 0 aliphatic heterocycles. The van der Waals surface area contributed by atoms with Crippen LogP contribution in [0.2, 0.25) is 0 Å². The second-order valence-electron chi connectivity index (χ2n) is 4.64. The highest BCUT2D eigenvalue weighted by Gasteiger charge is 2.13. The molecule has 4 heteroatoms.